The molecule has 10 nitrogen and oxygen atoms in total. The molecule has 0 aromatic heterocycles. The SMILES string of the molecule is C[C@@H](OC(=O)CN1C(=O)CCC1=O)C(=O)Nc1cccc([N+](=O)[O-])c1. The van der Waals surface area contributed by atoms with Gasteiger partial charge in [0.1, 0.15) is 6.54 Å². The van der Waals surface area contributed by atoms with Crippen molar-refractivity contribution in [2.45, 2.75) is 25.9 Å². The van der Waals surface area contributed by atoms with Gasteiger partial charge in [0.15, 0.2) is 6.10 Å². The van der Waals surface area contributed by atoms with Gasteiger partial charge in [-0.05, 0) is 13.0 Å². The van der Waals surface area contributed by atoms with Crippen LogP contribution in [0.25, 0.3) is 0 Å². The molecule has 0 unspecified atom stereocenters. The van der Waals surface area contributed by atoms with E-state index in [0.717, 1.165) is 11.0 Å². The number of esters is 1. The minimum atomic E-state index is -1.21. The van der Waals surface area contributed by atoms with Gasteiger partial charge in [-0.2, -0.15) is 0 Å². The molecule has 1 atom stereocenters. The zero-order chi connectivity index (χ0) is 18.6. The Kier molecular flexibility index (Phi) is 5.42. The molecule has 10 heteroatoms. The molecule has 2 rings (SSSR count). The first kappa shape index (κ1) is 18.0. The van der Waals surface area contributed by atoms with Gasteiger partial charge < -0.3 is 10.1 Å². The Morgan fingerprint density at radius 2 is 1.96 bits per heavy atom. The number of carbonyl (C=O) groups is 4. The van der Waals surface area contributed by atoms with Crippen LogP contribution in [-0.4, -0.2) is 46.2 Å². The van der Waals surface area contributed by atoms with E-state index in [4.69, 9.17) is 4.74 Å². The predicted molar refractivity (Wildman–Crippen MR) is 83.2 cm³/mol. The number of nitro groups is 1. The van der Waals surface area contributed by atoms with E-state index in [-0.39, 0.29) is 24.2 Å². The average Bonchev–Trinajstić information content (AvgIpc) is 2.86. The third-order valence-electron chi connectivity index (χ3n) is 3.44. The standard InChI is InChI=1S/C15H15N3O7/c1-9(25-14(21)8-17-12(19)5-6-13(17)20)15(22)16-10-3-2-4-11(7-10)18(23)24/h2-4,7,9H,5-6,8H2,1H3,(H,16,22)/t9-/m1/s1. The van der Waals surface area contributed by atoms with Gasteiger partial charge in [0.05, 0.1) is 4.92 Å². The fraction of sp³-hybridized carbons (Fsp3) is 0.333. The van der Waals surface area contributed by atoms with Crippen molar-refractivity contribution in [2.24, 2.45) is 0 Å². The van der Waals surface area contributed by atoms with Crippen LogP contribution in [0.5, 0.6) is 0 Å². The van der Waals surface area contributed by atoms with Crippen LogP contribution < -0.4 is 5.32 Å². The lowest BCUT2D eigenvalue weighted by molar-refractivity contribution is -0.384. The van der Waals surface area contributed by atoms with Gasteiger partial charge in [0.2, 0.25) is 11.8 Å². The molecule has 1 aliphatic rings. The van der Waals surface area contributed by atoms with Gasteiger partial charge in [-0.15, -0.1) is 0 Å². The Hall–Kier alpha value is -3.30. The van der Waals surface area contributed by atoms with Gasteiger partial charge in [0.25, 0.3) is 11.6 Å². The molecule has 132 valence electrons. The lowest BCUT2D eigenvalue weighted by atomic mass is 10.2. The van der Waals surface area contributed by atoms with E-state index in [1.54, 1.807) is 0 Å². The first-order chi connectivity index (χ1) is 11.8. The van der Waals surface area contributed by atoms with Crippen LogP contribution in [0.1, 0.15) is 19.8 Å². The van der Waals surface area contributed by atoms with E-state index in [9.17, 15) is 29.3 Å². The fourth-order valence-corrected chi connectivity index (χ4v) is 2.16. The highest BCUT2D eigenvalue weighted by Crippen LogP contribution is 2.17. The van der Waals surface area contributed by atoms with Gasteiger partial charge in [-0.25, -0.2) is 0 Å². The summed E-state index contributed by atoms with van der Waals surface area (Å²) in [7, 11) is 0. The molecule has 1 fully saturated rings. The summed E-state index contributed by atoms with van der Waals surface area (Å²) in [6.07, 6.45) is -1.11. The molecule has 3 amide bonds. The second-order valence-electron chi connectivity index (χ2n) is 5.30. The number of likely N-dealkylation sites (tertiary alicyclic amines) is 1. The van der Waals surface area contributed by atoms with Crippen molar-refractivity contribution in [1.29, 1.82) is 0 Å². The lowest BCUT2D eigenvalue weighted by Crippen LogP contribution is -2.38. The highest BCUT2D eigenvalue weighted by atomic mass is 16.6. The molecule has 1 aromatic rings. The topological polar surface area (TPSA) is 136 Å². The number of carbonyl (C=O) groups excluding carboxylic acids is 4. The summed E-state index contributed by atoms with van der Waals surface area (Å²) in [6.45, 7) is 0.754. The van der Waals surface area contributed by atoms with E-state index >= 15 is 0 Å². The minimum absolute atomic E-state index is 0.0505. The Morgan fingerprint density at radius 3 is 2.56 bits per heavy atom. The number of nitrogens with zero attached hydrogens (tertiary/aromatic N) is 2. The number of non-ortho nitro benzene ring substituents is 1. The molecule has 1 N–H and O–H groups in total. The maximum Gasteiger partial charge on any atom is 0.326 e. The Labute approximate surface area is 141 Å². The lowest BCUT2D eigenvalue weighted by Gasteiger charge is -2.16. The van der Waals surface area contributed by atoms with Crippen molar-refractivity contribution >= 4 is 35.1 Å². The van der Waals surface area contributed by atoms with E-state index in [2.05, 4.69) is 5.32 Å². The number of amides is 3. The minimum Gasteiger partial charge on any atom is -0.451 e. The number of imide groups is 1. The van der Waals surface area contributed by atoms with Crippen LogP contribution in [0, 0.1) is 10.1 Å². The van der Waals surface area contributed by atoms with Gasteiger partial charge in [-0.3, -0.25) is 34.2 Å². The van der Waals surface area contributed by atoms with Crippen LogP contribution in [0.15, 0.2) is 24.3 Å². The predicted octanol–water partition coefficient (Wildman–Crippen LogP) is 0.614. The van der Waals surface area contributed by atoms with E-state index < -0.39 is 41.3 Å². The van der Waals surface area contributed by atoms with Gasteiger partial charge >= 0.3 is 5.97 Å². The number of ether oxygens (including phenoxy) is 1. The first-order valence-corrected chi connectivity index (χ1v) is 7.36. The highest BCUT2D eigenvalue weighted by molar-refractivity contribution is 6.04. The monoisotopic (exact) mass is 349 g/mol. The number of hydrogen-bond donors (Lipinski definition) is 1. The van der Waals surface area contributed by atoms with Crippen LogP contribution in [-0.2, 0) is 23.9 Å². The number of hydrogen-bond acceptors (Lipinski definition) is 7. The molecule has 0 saturated carbocycles. The number of nitrogens with one attached hydrogen (secondary N) is 1. The molecule has 25 heavy (non-hydrogen) atoms. The molecule has 1 aromatic carbocycles. The van der Waals surface area contributed by atoms with E-state index in [1.165, 1.54) is 25.1 Å². The molecule has 1 heterocycles. The van der Waals surface area contributed by atoms with Crippen molar-refractivity contribution in [1.82, 2.24) is 4.90 Å². The van der Waals surface area contributed by atoms with Crippen molar-refractivity contribution in [3.63, 3.8) is 0 Å². The molecule has 0 spiro atoms. The van der Waals surface area contributed by atoms with E-state index in [0.29, 0.717) is 0 Å². The largest absolute Gasteiger partial charge is 0.451 e. The average molecular weight is 349 g/mol. The summed E-state index contributed by atoms with van der Waals surface area (Å²) in [5.41, 5.74) is -0.0273. The molecule has 0 bridgehead atoms. The summed E-state index contributed by atoms with van der Waals surface area (Å²) < 4.78 is 4.89. The number of anilines is 1. The molecular formula is C15H15N3O7. The fourth-order valence-electron chi connectivity index (χ4n) is 2.16. The molecular weight excluding hydrogens is 334 g/mol. The maximum absolute atomic E-state index is 12.0. The van der Waals surface area contributed by atoms with E-state index in [1.807, 2.05) is 0 Å². The number of nitro benzene ring substituents is 1. The summed E-state index contributed by atoms with van der Waals surface area (Å²) in [4.78, 5) is 57.5. The quantitative estimate of drug-likeness (QED) is 0.344. The summed E-state index contributed by atoms with van der Waals surface area (Å²) in [5.74, 6) is -2.52. The zero-order valence-corrected chi connectivity index (χ0v) is 13.3. The summed E-state index contributed by atoms with van der Waals surface area (Å²) in [5, 5.41) is 13.1. The van der Waals surface area contributed by atoms with Crippen LogP contribution in [0.4, 0.5) is 11.4 Å². The van der Waals surface area contributed by atoms with Crippen molar-refractivity contribution in [3.8, 4) is 0 Å². The number of rotatable bonds is 6. The third-order valence-corrected chi connectivity index (χ3v) is 3.44. The van der Waals surface area contributed by atoms with Crippen molar-refractivity contribution in [2.75, 3.05) is 11.9 Å². The highest BCUT2D eigenvalue weighted by Gasteiger charge is 2.31. The Balaban J connectivity index is 1.90. The van der Waals surface area contributed by atoms with Crippen LogP contribution in [0.2, 0.25) is 0 Å². The molecule has 1 saturated heterocycles. The Morgan fingerprint density at radius 1 is 1.32 bits per heavy atom. The van der Waals surface area contributed by atoms with Gasteiger partial charge in [0, 0.05) is 30.7 Å². The first-order valence-electron chi connectivity index (χ1n) is 7.36. The van der Waals surface area contributed by atoms with Crippen LogP contribution >= 0.6 is 0 Å². The second-order valence-corrected chi connectivity index (χ2v) is 5.30. The summed E-state index contributed by atoms with van der Waals surface area (Å²) >= 11 is 0. The van der Waals surface area contributed by atoms with Gasteiger partial charge in [-0.1, -0.05) is 6.07 Å². The molecule has 1 aliphatic heterocycles. The number of benzene rings is 1. The molecule has 0 radical (unpaired) electrons. The smallest absolute Gasteiger partial charge is 0.326 e. The molecule has 0 aliphatic carbocycles. The van der Waals surface area contributed by atoms with Crippen LogP contribution in [0.3, 0.4) is 0 Å². The summed E-state index contributed by atoms with van der Waals surface area (Å²) in [6, 6.07) is 5.27. The van der Waals surface area contributed by atoms with Crippen molar-refractivity contribution < 1.29 is 28.8 Å². The normalized spacial score (nSPS) is 15.0. The maximum atomic E-state index is 12.0. The zero-order valence-electron chi connectivity index (χ0n) is 13.3. The second kappa shape index (κ2) is 7.51. The third kappa shape index (κ3) is 4.59. The van der Waals surface area contributed by atoms with Crippen molar-refractivity contribution in [3.05, 3.63) is 34.4 Å². The Bertz CT molecular complexity index is 730.